The molecule has 2 fully saturated rings. The van der Waals surface area contributed by atoms with Crippen LogP contribution >= 0.6 is 0 Å². The minimum absolute atomic E-state index is 0.0192. The zero-order valence-corrected chi connectivity index (χ0v) is 19.1. The number of likely N-dealkylation sites (tertiary alicyclic amines) is 1. The first-order valence-corrected chi connectivity index (χ1v) is 11.8. The van der Waals surface area contributed by atoms with E-state index in [-0.39, 0.29) is 54.0 Å². The Balaban J connectivity index is 1.26. The number of aromatic hydroxyl groups is 1. The molecule has 8 nitrogen and oxygen atoms in total. The summed E-state index contributed by atoms with van der Waals surface area (Å²) in [5.74, 6) is -1.61. The molecule has 35 heavy (non-hydrogen) atoms. The summed E-state index contributed by atoms with van der Waals surface area (Å²) < 4.78 is 15.1. The van der Waals surface area contributed by atoms with Gasteiger partial charge in [-0.2, -0.15) is 5.26 Å². The van der Waals surface area contributed by atoms with Crippen LogP contribution in [-0.2, 0) is 22.7 Å². The number of halogens is 1. The molecule has 0 aliphatic carbocycles. The van der Waals surface area contributed by atoms with Crippen LogP contribution in [0.5, 0.6) is 5.75 Å². The lowest BCUT2D eigenvalue weighted by molar-refractivity contribution is -0.136. The summed E-state index contributed by atoms with van der Waals surface area (Å²) in [6, 6.07) is 9.35. The Morgan fingerprint density at radius 1 is 1.11 bits per heavy atom. The van der Waals surface area contributed by atoms with Crippen molar-refractivity contribution in [1.82, 2.24) is 15.1 Å². The van der Waals surface area contributed by atoms with Crippen molar-refractivity contribution in [2.75, 3.05) is 13.1 Å². The molecule has 0 aromatic heterocycles. The number of piperidine rings is 2. The number of imide groups is 1. The van der Waals surface area contributed by atoms with Crippen LogP contribution in [0.3, 0.4) is 0 Å². The lowest BCUT2D eigenvalue weighted by Gasteiger charge is -2.32. The van der Waals surface area contributed by atoms with E-state index in [0.29, 0.717) is 17.7 Å². The van der Waals surface area contributed by atoms with Gasteiger partial charge in [0, 0.05) is 25.1 Å². The van der Waals surface area contributed by atoms with Crippen LogP contribution in [0.4, 0.5) is 4.39 Å². The number of hydrogen-bond donors (Lipinski definition) is 2. The molecule has 0 spiro atoms. The van der Waals surface area contributed by atoms with Crippen LogP contribution in [0.25, 0.3) is 0 Å². The highest BCUT2D eigenvalue weighted by Crippen LogP contribution is 2.35. The minimum Gasteiger partial charge on any atom is -0.507 e. The highest BCUT2D eigenvalue weighted by molar-refractivity contribution is 6.05. The zero-order chi connectivity index (χ0) is 24.7. The Hall–Kier alpha value is -3.77. The molecule has 2 N–H and O–H groups in total. The monoisotopic (exact) mass is 476 g/mol. The van der Waals surface area contributed by atoms with Crippen LogP contribution < -0.4 is 5.32 Å². The fraction of sp³-hybridized carbons (Fsp3) is 0.385. The van der Waals surface area contributed by atoms with E-state index in [1.807, 2.05) is 6.07 Å². The molecule has 2 aromatic rings. The number of nitrogens with one attached hydrogen (secondary N) is 1. The molecule has 0 radical (unpaired) electrons. The lowest BCUT2D eigenvalue weighted by Crippen LogP contribution is -2.52. The van der Waals surface area contributed by atoms with Crippen LogP contribution in [0.2, 0.25) is 0 Å². The third-order valence-corrected chi connectivity index (χ3v) is 7.26. The molecule has 9 heteroatoms. The standard InChI is InChI=1S/C26H25FN4O4/c27-21-11-20-18(14-31(26(20)35)22-2-4-24(33)29-25(22)34)10-19(21)16-5-7-30(8-6-16)13-15-1-3-23(32)17(9-15)12-28/h1,3,9-11,16,22,32H,2,4-8,13-14H2,(H,29,33,34). The first-order valence-electron chi connectivity index (χ1n) is 11.8. The summed E-state index contributed by atoms with van der Waals surface area (Å²) in [7, 11) is 0. The van der Waals surface area contributed by atoms with Crippen LogP contribution in [-0.4, -0.2) is 51.8 Å². The Kier molecular flexibility index (Phi) is 5.99. The number of nitrogens with zero attached hydrogens (tertiary/aromatic N) is 3. The van der Waals surface area contributed by atoms with E-state index in [1.165, 1.54) is 17.0 Å². The minimum atomic E-state index is -0.719. The maximum Gasteiger partial charge on any atom is 0.255 e. The quantitative estimate of drug-likeness (QED) is 0.656. The first kappa shape index (κ1) is 23.0. The molecule has 0 bridgehead atoms. The van der Waals surface area contributed by atoms with Gasteiger partial charge in [-0.3, -0.25) is 24.6 Å². The fourth-order valence-corrected chi connectivity index (χ4v) is 5.35. The van der Waals surface area contributed by atoms with E-state index in [1.54, 1.807) is 18.2 Å². The van der Waals surface area contributed by atoms with Gasteiger partial charge in [0.1, 0.15) is 23.7 Å². The van der Waals surface area contributed by atoms with E-state index in [9.17, 15) is 19.5 Å². The predicted molar refractivity (Wildman–Crippen MR) is 123 cm³/mol. The smallest absolute Gasteiger partial charge is 0.255 e. The number of carbonyl (C=O) groups excluding carboxylic acids is 3. The van der Waals surface area contributed by atoms with Crippen molar-refractivity contribution in [2.45, 2.75) is 50.7 Å². The van der Waals surface area contributed by atoms with Crippen LogP contribution in [0.15, 0.2) is 30.3 Å². The topological polar surface area (TPSA) is 114 Å². The summed E-state index contributed by atoms with van der Waals surface area (Å²) >= 11 is 0. The van der Waals surface area contributed by atoms with Crippen molar-refractivity contribution in [2.24, 2.45) is 0 Å². The van der Waals surface area contributed by atoms with E-state index in [4.69, 9.17) is 5.26 Å². The number of benzene rings is 2. The molecule has 3 amide bonds. The van der Waals surface area contributed by atoms with E-state index in [0.717, 1.165) is 31.5 Å². The van der Waals surface area contributed by atoms with Crippen LogP contribution in [0.1, 0.15) is 64.2 Å². The molecule has 2 saturated heterocycles. The molecular formula is C26H25FN4O4. The van der Waals surface area contributed by atoms with Gasteiger partial charge < -0.3 is 10.0 Å². The predicted octanol–water partition coefficient (Wildman–Crippen LogP) is 2.54. The summed E-state index contributed by atoms with van der Waals surface area (Å²) in [6.45, 7) is 2.38. The average molecular weight is 477 g/mol. The van der Waals surface area contributed by atoms with Gasteiger partial charge in [0.25, 0.3) is 5.91 Å². The average Bonchev–Trinajstić information content (AvgIpc) is 3.15. The third kappa shape index (κ3) is 4.37. The van der Waals surface area contributed by atoms with Gasteiger partial charge in [-0.1, -0.05) is 12.1 Å². The summed E-state index contributed by atoms with van der Waals surface area (Å²) in [4.78, 5) is 40.3. The zero-order valence-electron chi connectivity index (χ0n) is 19.1. The largest absolute Gasteiger partial charge is 0.507 e. The maximum absolute atomic E-state index is 15.1. The van der Waals surface area contributed by atoms with Crippen LogP contribution in [0, 0.1) is 17.1 Å². The summed E-state index contributed by atoms with van der Waals surface area (Å²) in [5.41, 5.74) is 2.78. The number of phenols is 1. The fourth-order valence-electron chi connectivity index (χ4n) is 5.35. The van der Waals surface area contributed by atoms with Gasteiger partial charge in [-0.25, -0.2) is 4.39 Å². The SMILES string of the molecule is N#Cc1cc(CN2CCC(c3cc4c(cc3F)C(=O)N(C3CCC(=O)NC3=O)C4)CC2)ccc1O. The molecule has 3 aliphatic rings. The lowest BCUT2D eigenvalue weighted by atomic mass is 9.87. The van der Waals surface area contributed by atoms with Gasteiger partial charge in [0.05, 0.1) is 5.56 Å². The van der Waals surface area contributed by atoms with E-state index in [2.05, 4.69) is 10.2 Å². The van der Waals surface area contributed by atoms with Crippen molar-refractivity contribution < 1.29 is 23.9 Å². The second kappa shape index (κ2) is 9.12. The second-order valence-electron chi connectivity index (χ2n) is 9.44. The van der Waals surface area contributed by atoms with Gasteiger partial charge in [-0.05, 0) is 73.2 Å². The number of nitriles is 1. The molecule has 5 rings (SSSR count). The molecule has 1 atom stereocenters. The molecular weight excluding hydrogens is 451 g/mol. The number of amides is 3. The molecule has 180 valence electrons. The van der Waals surface area contributed by atoms with Crippen molar-refractivity contribution >= 4 is 17.7 Å². The highest BCUT2D eigenvalue weighted by atomic mass is 19.1. The van der Waals surface area contributed by atoms with Crippen molar-refractivity contribution in [3.05, 3.63) is 64.0 Å². The van der Waals surface area contributed by atoms with Gasteiger partial charge in [0.15, 0.2) is 0 Å². The number of carbonyl (C=O) groups is 3. The first-order chi connectivity index (χ1) is 16.8. The van der Waals surface area contributed by atoms with Gasteiger partial charge in [0.2, 0.25) is 11.8 Å². The Labute approximate surface area is 201 Å². The maximum atomic E-state index is 15.1. The van der Waals surface area contributed by atoms with Gasteiger partial charge in [-0.15, -0.1) is 0 Å². The Morgan fingerprint density at radius 3 is 2.60 bits per heavy atom. The number of rotatable bonds is 4. The number of hydrogen-bond acceptors (Lipinski definition) is 6. The number of phenolic OH excluding ortho intramolecular Hbond substituents is 1. The molecule has 3 heterocycles. The van der Waals surface area contributed by atoms with Gasteiger partial charge >= 0.3 is 0 Å². The normalized spacial score (nSPS) is 21.1. The second-order valence-corrected chi connectivity index (χ2v) is 9.44. The third-order valence-electron chi connectivity index (χ3n) is 7.26. The van der Waals surface area contributed by atoms with Crippen molar-refractivity contribution in [3.63, 3.8) is 0 Å². The summed E-state index contributed by atoms with van der Waals surface area (Å²) in [6.07, 6.45) is 1.96. The molecule has 0 saturated carbocycles. The summed E-state index contributed by atoms with van der Waals surface area (Å²) in [5, 5.41) is 21.1. The van der Waals surface area contributed by atoms with E-state index < -0.39 is 17.8 Å². The Morgan fingerprint density at radius 2 is 1.89 bits per heavy atom. The molecule has 2 aromatic carbocycles. The van der Waals surface area contributed by atoms with Crippen molar-refractivity contribution in [3.8, 4) is 11.8 Å². The highest BCUT2D eigenvalue weighted by Gasteiger charge is 2.40. The van der Waals surface area contributed by atoms with Crippen molar-refractivity contribution in [1.29, 1.82) is 5.26 Å². The Bertz CT molecular complexity index is 1260. The number of fused-ring (bicyclic) bond motifs is 1. The molecule has 1 unspecified atom stereocenters. The van der Waals surface area contributed by atoms with E-state index >= 15 is 4.39 Å². The molecule has 3 aliphatic heterocycles.